The Morgan fingerprint density at radius 1 is 1.26 bits per heavy atom. The van der Waals surface area contributed by atoms with Gasteiger partial charge in [0.05, 0.1) is 12.2 Å². The summed E-state index contributed by atoms with van der Waals surface area (Å²) in [5, 5.41) is 3.54. The molecule has 2 aliphatic carbocycles. The van der Waals surface area contributed by atoms with Gasteiger partial charge in [0, 0.05) is 11.6 Å². The molecule has 2 fully saturated rings. The third kappa shape index (κ3) is 3.34. The van der Waals surface area contributed by atoms with E-state index >= 15 is 0 Å². The summed E-state index contributed by atoms with van der Waals surface area (Å²) in [5.74, 6) is -0.159. The van der Waals surface area contributed by atoms with Gasteiger partial charge in [-0.1, -0.05) is 18.2 Å². The first-order valence-electron chi connectivity index (χ1n) is 7.38. The van der Waals surface area contributed by atoms with Gasteiger partial charge in [0.15, 0.2) is 0 Å². The van der Waals surface area contributed by atoms with E-state index in [-0.39, 0.29) is 11.4 Å². The Labute approximate surface area is 114 Å². The van der Waals surface area contributed by atoms with Crippen LogP contribution in [0.1, 0.15) is 44.1 Å². The zero-order chi connectivity index (χ0) is 13.1. The number of benzene rings is 1. The standard InChI is InChI=1S/C16H22FNO/c17-15-5-2-1-4-13(15)12-19-16(8-3-9-16)10-11-18-14-6-7-14/h1-2,4-5,14,18H,3,6-12H2. The second-order valence-electron chi connectivity index (χ2n) is 5.90. The zero-order valence-corrected chi connectivity index (χ0v) is 11.3. The van der Waals surface area contributed by atoms with Crippen LogP contribution in [0.3, 0.4) is 0 Å². The summed E-state index contributed by atoms with van der Waals surface area (Å²) in [7, 11) is 0. The highest BCUT2D eigenvalue weighted by molar-refractivity contribution is 5.16. The van der Waals surface area contributed by atoms with Crippen LogP contribution in [0.25, 0.3) is 0 Å². The van der Waals surface area contributed by atoms with Crippen molar-refractivity contribution in [1.82, 2.24) is 5.32 Å². The third-order valence-corrected chi connectivity index (χ3v) is 4.35. The molecule has 1 N–H and O–H groups in total. The summed E-state index contributed by atoms with van der Waals surface area (Å²) in [6.07, 6.45) is 7.17. The van der Waals surface area contributed by atoms with Crippen LogP contribution in [0.5, 0.6) is 0 Å². The van der Waals surface area contributed by atoms with Crippen LogP contribution in [0, 0.1) is 5.82 Å². The Morgan fingerprint density at radius 3 is 2.68 bits per heavy atom. The second-order valence-corrected chi connectivity index (χ2v) is 5.90. The summed E-state index contributed by atoms with van der Waals surface area (Å²) < 4.78 is 19.6. The Morgan fingerprint density at radius 2 is 2.05 bits per heavy atom. The molecule has 0 atom stereocenters. The Kier molecular flexibility index (Phi) is 3.85. The molecule has 0 radical (unpaired) electrons. The first kappa shape index (κ1) is 13.1. The lowest BCUT2D eigenvalue weighted by Crippen LogP contribution is -2.42. The predicted molar refractivity (Wildman–Crippen MR) is 73.4 cm³/mol. The van der Waals surface area contributed by atoms with Crippen molar-refractivity contribution in [2.24, 2.45) is 0 Å². The summed E-state index contributed by atoms with van der Waals surface area (Å²) in [4.78, 5) is 0. The van der Waals surface area contributed by atoms with E-state index in [1.807, 2.05) is 12.1 Å². The van der Waals surface area contributed by atoms with Gasteiger partial charge in [-0.2, -0.15) is 0 Å². The maximum absolute atomic E-state index is 13.6. The maximum Gasteiger partial charge on any atom is 0.128 e. The minimum atomic E-state index is -0.159. The average Bonchev–Trinajstić information content (AvgIpc) is 3.17. The molecule has 2 aliphatic rings. The van der Waals surface area contributed by atoms with Gasteiger partial charge in [0.1, 0.15) is 5.82 Å². The molecule has 0 heterocycles. The van der Waals surface area contributed by atoms with Gasteiger partial charge in [-0.25, -0.2) is 4.39 Å². The first-order valence-corrected chi connectivity index (χ1v) is 7.38. The highest BCUT2D eigenvalue weighted by Gasteiger charge is 2.38. The van der Waals surface area contributed by atoms with Crippen LogP contribution in [0.4, 0.5) is 4.39 Å². The van der Waals surface area contributed by atoms with Crippen molar-refractivity contribution in [2.45, 2.75) is 56.8 Å². The van der Waals surface area contributed by atoms with Gasteiger partial charge in [-0.05, 0) is 51.1 Å². The third-order valence-electron chi connectivity index (χ3n) is 4.35. The van der Waals surface area contributed by atoms with E-state index < -0.39 is 0 Å². The van der Waals surface area contributed by atoms with Crippen LogP contribution in [0.15, 0.2) is 24.3 Å². The molecule has 0 aromatic heterocycles. The number of halogens is 1. The molecular formula is C16H22FNO. The summed E-state index contributed by atoms with van der Waals surface area (Å²) in [6.45, 7) is 1.43. The van der Waals surface area contributed by atoms with Crippen molar-refractivity contribution >= 4 is 0 Å². The predicted octanol–water partition coefficient (Wildman–Crippen LogP) is 3.41. The number of nitrogens with one attached hydrogen (secondary N) is 1. The van der Waals surface area contributed by atoms with Crippen molar-refractivity contribution < 1.29 is 9.13 Å². The molecule has 1 aromatic rings. The molecule has 2 saturated carbocycles. The monoisotopic (exact) mass is 263 g/mol. The Bertz CT molecular complexity index is 427. The lowest BCUT2D eigenvalue weighted by Gasteiger charge is -2.42. The molecule has 0 unspecified atom stereocenters. The number of rotatable bonds is 7. The average molecular weight is 263 g/mol. The van der Waals surface area contributed by atoms with Crippen molar-refractivity contribution in [3.05, 3.63) is 35.6 Å². The smallest absolute Gasteiger partial charge is 0.128 e. The number of hydrogen-bond donors (Lipinski definition) is 1. The molecule has 2 nitrogen and oxygen atoms in total. The normalized spacial score (nSPS) is 21.1. The Balaban J connectivity index is 1.49. The largest absolute Gasteiger partial charge is 0.370 e. The van der Waals surface area contributed by atoms with Crippen molar-refractivity contribution in [3.63, 3.8) is 0 Å². The van der Waals surface area contributed by atoms with Crippen molar-refractivity contribution in [2.75, 3.05) is 6.54 Å². The van der Waals surface area contributed by atoms with Gasteiger partial charge in [-0.15, -0.1) is 0 Å². The molecule has 3 rings (SSSR count). The fourth-order valence-electron chi connectivity index (χ4n) is 2.68. The first-order chi connectivity index (χ1) is 9.27. The quantitative estimate of drug-likeness (QED) is 0.814. The lowest BCUT2D eigenvalue weighted by molar-refractivity contribution is -0.114. The Hall–Kier alpha value is -0.930. The van der Waals surface area contributed by atoms with E-state index in [0.717, 1.165) is 31.8 Å². The molecule has 0 spiro atoms. The van der Waals surface area contributed by atoms with Crippen LogP contribution >= 0.6 is 0 Å². The maximum atomic E-state index is 13.6. The van der Waals surface area contributed by atoms with Crippen molar-refractivity contribution in [1.29, 1.82) is 0 Å². The van der Waals surface area contributed by atoms with E-state index in [2.05, 4.69) is 5.32 Å². The van der Waals surface area contributed by atoms with Crippen LogP contribution in [-0.4, -0.2) is 18.2 Å². The SMILES string of the molecule is Fc1ccccc1COC1(CCNC2CC2)CCC1. The summed E-state index contributed by atoms with van der Waals surface area (Å²) >= 11 is 0. The molecule has 1 aromatic carbocycles. The van der Waals surface area contributed by atoms with E-state index in [1.54, 1.807) is 6.07 Å². The molecule has 104 valence electrons. The second kappa shape index (κ2) is 5.59. The molecule has 0 amide bonds. The van der Waals surface area contributed by atoms with E-state index in [9.17, 15) is 4.39 Å². The van der Waals surface area contributed by atoms with E-state index in [1.165, 1.54) is 25.3 Å². The van der Waals surface area contributed by atoms with Crippen molar-refractivity contribution in [3.8, 4) is 0 Å². The van der Waals surface area contributed by atoms with Gasteiger partial charge in [-0.3, -0.25) is 0 Å². The number of ether oxygens (including phenoxy) is 1. The highest BCUT2D eigenvalue weighted by Crippen LogP contribution is 2.39. The van der Waals surface area contributed by atoms with Gasteiger partial charge in [0.25, 0.3) is 0 Å². The topological polar surface area (TPSA) is 21.3 Å². The molecular weight excluding hydrogens is 241 g/mol. The van der Waals surface area contributed by atoms with Gasteiger partial charge in [0.2, 0.25) is 0 Å². The van der Waals surface area contributed by atoms with Crippen LogP contribution in [-0.2, 0) is 11.3 Å². The minimum Gasteiger partial charge on any atom is -0.370 e. The molecule has 0 saturated heterocycles. The van der Waals surface area contributed by atoms with Gasteiger partial charge < -0.3 is 10.1 Å². The number of hydrogen-bond acceptors (Lipinski definition) is 2. The van der Waals surface area contributed by atoms with Crippen LogP contribution in [0.2, 0.25) is 0 Å². The van der Waals surface area contributed by atoms with Gasteiger partial charge >= 0.3 is 0 Å². The van der Waals surface area contributed by atoms with E-state index in [0.29, 0.717) is 12.2 Å². The van der Waals surface area contributed by atoms with Crippen LogP contribution < -0.4 is 5.32 Å². The fourth-order valence-corrected chi connectivity index (χ4v) is 2.68. The minimum absolute atomic E-state index is 0.00414. The van der Waals surface area contributed by atoms with E-state index in [4.69, 9.17) is 4.74 Å². The zero-order valence-electron chi connectivity index (χ0n) is 11.3. The summed E-state index contributed by atoms with van der Waals surface area (Å²) in [5.41, 5.74) is 0.674. The lowest BCUT2D eigenvalue weighted by atomic mass is 9.77. The summed E-state index contributed by atoms with van der Waals surface area (Å²) in [6, 6.07) is 7.65. The fraction of sp³-hybridized carbons (Fsp3) is 0.625. The molecule has 0 bridgehead atoms. The molecule has 3 heteroatoms. The molecule has 19 heavy (non-hydrogen) atoms. The highest BCUT2D eigenvalue weighted by atomic mass is 19.1. The molecule has 0 aliphatic heterocycles.